The van der Waals surface area contributed by atoms with Gasteiger partial charge in [0.1, 0.15) is 11.4 Å². The molecule has 0 saturated heterocycles. The van der Waals surface area contributed by atoms with Gasteiger partial charge >= 0.3 is 6.09 Å². The molecule has 2 aliphatic rings. The number of fused-ring (bicyclic) bond motifs is 1. The molecule has 6 nitrogen and oxygen atoms in total. The molecule has 1 aliphatic heterocycles. The maximum absolute atomic E-state index is 12.1. The number of rotatable bonds is 1. The minimum atomic E-state index is -0.468. The third-order valence-corrected chi connectivity index (χ3v) is 3.65. The average Bonchev–Trinajstić information content (AvgIpc) is 3.13. The second-order valence-corrected chi connectivity index (χ2v) is 6.64. The van der Waals surface area contributed by atoms with Crippen molar-refractivity contribution in [1.82, 2.24) is 14.7 Å². The summed E-state index contributed by atoms with van der Waals surface area (Å²) in [5, 5.41) is 4.58. The van der Waals surface area contributed by atoms with Crippen molar-refractivity contribution in [3.63, 3.8) is 0 Å². The molecule has 0 bridgehead atoms. The second-order valence-electron chi connectivity index (χ2n) is 6.64. The predicted molar refractivity (Wildman–Crippen MR) is 75.3 cm³/mol. The van der Waals surface area contributed by atoms with Crippen molar-refractivity contribution >= 4 is 11.9 Å². The smallest absolute Gasteiger partial charge is 0.410 e. The van der Waals surface area contributed by atoms with Crippen molar-refractivity contribution in [3.05, 3.63) is 11.3 Å². The number of anilines is 1. The van der Waals surface area contributed by atoms with Crippen LogP contribution in [0.15, 0.2) is 0 Å². The Labute approximate surface area is 118 Å². The number of hydrogen-bond donors (Lipinski definition) is 1. The maximum atomic E-state index is 12.1. The van der Waals surface area contributed by atoms with E-state index in [1.807, 2.05) is 25.5 Å². The molecule has 1 aromatic rings. The highest BCUT2D eigenvalue weighted by Gasteiger charge is 2.33. The summed E-state index contributed by atoms with van der Waals surface area (Å²) in [6, 6.07) is 0.468. The van der Waals surface area contributed by atoms with Crippen LogP contribution in [-0.4, -0.2) is 32.9 Å². The number of carbonyl (C=O) groups is 1. The van der Waals surface area contributed by atoms with Gasteiger partial charge in [-0.25, -0.2) is 9.48 Å². The molecule has 1 saturated carbocycles. The Kier molecular flexibility index (Phi) is 2.92. The fraction of sp³-hybridized carbons (Fsp3) is 0.714. The largest absolute Gasteiger partial charge is 0.444 e. The molecule has 6 heteroatoms. The molecule has 2 heterocycles. The van der Waals surface area contributed by atoms with Gasteiger partial charge in [-0.05, 0) is 40.0 Å². The number of hydrogen-bond acceptors (Lipinski definition) is 4. The van der Waals surface area contributed by atoms with E-state index >= 15 is 0 Å². The van der Waals surface area contributed by atoms with E-state index in [-0.39, 0.29) is 6.09 Å². The highest BCUT2D eigenvalue weighted by Crippen LogP contribution is 2.38. The fourth-order valence-corrected chi connectivity index (χ4v) is 2.52. The Morgan fingerprint density at radius 2 is 2.10 bits per heavy atom. The summed E-state index contributed by atoms with van der Waals surface area (Å²) in [7, 11) is 0. The van der Waals surface area contributed by atoms with Crippen LogP contribution in [0.4, 0.5) is 10.6 Å². The van der Waals surface area contributed by atoms with Gasteiger partial charge in [0.25, 0.3) is 0 Å². The van der Waals surface area contributed by atoms with Gasteiger partial charge in [-0.15, -0.1) is 0 Å². The van der Waals surface area contributed by atoms with Crippen molar-refractivity contribution in [3.8, 4) is 0 Å². The lowest BCUT2D eigenvalue weighted by molar-refractivity contribution is 0.0221. The molecule has 2 N–H and O–H groups in total. The molecule has 1 aliphatic carbocycles. The molecular formula is C14H22N4O2. The molecule has 1 aromatic heterocycles. The van der Waals surface area contributed by atoms with Crippen LogP contribution in [0.25, 0.3) is 0 Å². The predicted octanol–water partition coefficient (Wildman–Crippen LogP) is 2.09. The number of aromatic nitrogens is 2. The molecule has 3 rings (SSSR count). The number of nitrogen functional groups attached to an aromatic ring is 1. The normalized spacial score (nSPS) is 18.9. The molecule has 0 atom stereocenters. The van der Waals surface area contributed by atoms with Crippen LogP contribution in [0, 0.1) is 0 Å². The summed E-state index contributed by atoms with van der Waals surface area (Å²) in [6.07, 6.45) is 2.79. The van der Waals surface area contributed by atoms with E-state index < -0.39 is 5.60 Å². The first kappa shape index (κ1) is 13.3. The SMILES string of the molecule is CC(C)(C)OC(=O)N1CCc2c(nn(C3CC3)c2N)C1. The lowest BCUT2D eigenvalue weighted by Gasteiger charge is -2.29. The number of carbonyl (C=O) groups excluding carboxylic acids is 1. The topological polar surface area (TPSA) is 73.4 Å². The molecule has 110 valence electrons. The van der Waals surface area contributed by atoms with Gasteiger partial charge in [-0.1, -0.05) is 0 Å². The van der Waals surface area contributed by atoms with E-state index in [0.717, 1.165) is 36.3 Å². The van der Waals surface area contributed by atoms with E-state index in [1.165, 1.54) is 0 Å². The lowest BCUT2D eigenvalue weighted by atomic mass is 10.1. The van der Waals surface area contributed by atoms with Gasteiger partial charge in [0, 0.05) is 12.1 Å². The Bertz CT molecular complexity index is 540. The first-order valence-electron chi connectivity index (χ1n) is 7.19. The van der Waals surface area contributed by atoms with Crippen LogP contribution in [0.2, 0.25) is 0 Å². The minimum Gasteiger partial charge on any atom is -0.444 e. The van der Waals surface area contributed by atoms with Gasteiger partial charge in [-0.2, -0.15) is 5.10 Å². The molecule has 0 radical (unpaired) electrons. The molecule has 0 unspecified atom stereocenters. The number of amides is 1. The van der Waals surface area contributed by atoms with Gasteiger partial charge in [0.15, 0.2) is 0 Å². The number of nitrogens with two attached hydrogens (primary N) is 1. The molecule has 20 heavy (non-hydrogen) atoms. The highest BCUT2D eigenvalue weighted by atomic mass is 16.6. The monoisotopic (exact) mass is 278 g/mol. The quantitative estimate of drug-likeness (QED) is 0.853. The van der Waals surface area contributed by atoms with E-state index in [1.54, 1.807) is 4.90 Å². The Morgan fingerprint density at radius 3 is 2.70 bits per heavy atom. The first-order chi connectivity index (χ1) is 9.35. The average molecular weight is 278 g/mol. The third-order valence-electron chi connectivity index (χ3n) is 3.65. The van der Waals surface area contributed by atoms with Crippen molar-refractivity contribution in [2.24, 2.45) is 0 Å². The second kappa shape index (κ2) is 4.40. The van der Waals surface area contributed by atoms with Crippen molar-refractivity contribution in [1.29, 1.82) is 0 Å². The number of nitrogens with zero attached hydrogens (tertiary/aromatic N) is 3. The Morgan fingerprint density at radius 1 is 1.40 bits per heavy atom. The van der Waals surface area contributed by atoms with Crippen molar-refractivity contribution < 1.29 is 9.53 Å². The summed E-state index contributed by atoms with van der Waals surface area (Å²) in [5.74, 6) is 0.784. The van der Waals surface area contributed by atoms with Crippen molar-refractivity contribution in [2.45, 2.75) is 58.2 Å². The molecule has 0 spiro atoms. The summed E-state index contributed by atoms with van der Waals surface area (Å²) in [5.41, 5.74) is 7.72. The van der Waals surface area contributed by atoms with Crippen LogP contribution in [0.1, 0.15) is 50.9 Å². The van der Waals surface area contributed by atoms with E-state index in [9.17, 15) is 4.79 Å². The van der Waals surface area contributed by atoms with Crippen LogP contribution in [0.5, 0.6) is 0 Å². The van der Waals surface area contributed by atoms with Gasteiger partial charge < -0.3 is 15.4 Å². The Hall–Kier alpha value is -1.72. The molecular weight excluding hydrogens is 256 g/mol. The van der Waals surface area contributed by atoms with Crippen LogP contribution in [0.3, 0.4) is 0 Å². The zero-order chi connectivity index (χ0) is 14.5. The minimum absolute atomic E-state index is 0.275. The van der Waals surface area contributed by atoms with E-state index in [4.69, 9.17) is 10.5 Å². The summed E-state index contributed by atoms with van der Waals surface area (Å²) in [4.78, 5) is 13.8. The van der Waals surface area contributed by atoms with Gasteiger partial charge in [0.05, 0.1) is 18.3 Å². The molecule has 1 fully saturated rings. The fourth-order valence-electron chi connectivity index (χ4n) is 2.52. The highest BCUT2D eigenvalue weighted by molar-refractivity contribution is 5.69. The van der Waals surface area contributed by atoms with E-state index in [2.05, 4.69) is 5.10 Å². The van der Waals surface area contributed by atoms with Crippen molar-refractivity contribution in [2.75, 3.05) is 12.3 Å². The zero-order valence-electron chi connectivity index (χ0n) is 12.3. The van der Waals surface area contributed by atoms with Gasteiger partial charge in [-0.3, -0.25) is 0 Å². The van der Waals surface area contributed by atoms with Gasteiger partial charge in [0.2, 0.25) is 0 Å². The van der Waals surface area contributed by atoms with E-state index in [0.29, 0.717) is 19.1 Å². The van der Waals surface area contributed by atoms with Crippen LogP contribution >= 0.6 is 0 Å². The molecule has 1 amide bonds. The number of ether oxygens (including phenoxy) is 1. The zero-order valence-corrected chi connectivity index (χ0v) is 12.3. The standard InChI is InChI=1S/C14H22N4O2/c1-14(2,3)20-13(19)17-7-6-10-11(8-17)16-18(12(10)15)9-4-5-9/h9H,4-8,15H2,1-3H3. The summed E-state index contributed by atoms with van der Waals surface area (Å²) in [6.45, 7) is 6.76. The third kappa shape index (κ3) is 2.46. The summed E-state index contributed by atoms with van der Waals surface area (Å²) >= 11 is 0. The van der Waals surface area contributed by atoms with Crippen LogP contribution < -0.4 is 5.73 Å². The van der Waals surface area contributed by atoms with Crippen LogP contribution in [-0.2, 0) is 17.7 Å². The Balaban J connectivity index is 1.75. The molecule has 0 aromatic carbocycles. The maximum Gasteiger partial charge on any atom is 0.410 e. The lowest BCUT2D eigenvalue weighted by Crippen LogP contribution is -2.39. The summed E-state index contributed by atoms with van der Waals surface area (Å²) < 4.78 is 7.34. The first-order valence-corrected chi connectivity index (χ1v) is 7.19.